The Morgan fingerprint density at radius 1 is 1.03 bits per heavy atom. The van der Waals surface area contributed by atoms with E-state index in [2.05, 4.69) is 10.3 Å². The van der Waals surface area contributed by atoms with Crippen molar-refractivity contribution in [2.24, 2.45) is 0 Å². The first-order valence-corrected chi connectivity index (χ1v) is 8.55. The lowest BCUT2D eigenvalue weighted by Crippen LogP contribution is -2.24. The van der Waals surface area contributed by atoms with E-state index in [-0.39, 0.29) is 36.7 Å². The highest BCUT2D eigenvalue weighted by Crippen LogP contribution is 2.32. The molecule has 0 unspecified atom stereocenters. The van der Waals surface area contributed by atoms with Gasteiger partial charge < -0.3 is 9.73 Å². The summed E-state index contributed by atoms with van der Waals surface area (Å²) in [4.78, 5) is 16.0. The zero-order chi connectivity index (χ0) is 21.0. The van der Waals surface area contributed by atoms with E-state index in [4.69, 9.17) is 4.42 Å². The lowest BCUT2D eigenvalue weighted by molar-refractivity contribution is -0.138. The number of halogens is 5. The maximum atomic E-state index is 13.1. The van der Waals surface area contributed by atoms with E-state index in [9.17, 15) is 26.7 Å². The van der Waals surface area contributed by atoms with Gasteiger partial charge in [0.25, 0.3) is 0 Å². The fourth-order valence-electron chi connectivity index (χ4n) is 2.64. The number of amides is 1. The van der Waals surface area contributed by atoms with Gasteiger partial charge in [-0.3, -0.25) is 4.79 Å². The first-order valence-electron chi connectivity index (χ1n) is 8.55. The van der Waals surface area contributed by atoms with Crippen molar-refractivity contribution >= 4 is 5.91 Å². The summed E-state index contributed by atoms with van der Waals surface area (Å²) >= 11 is 0. The third-order valence-corrected chi connectivity index (χ3v) is 4.10. The van der Waals surface area contributed by atoms with E-state index in [1.807, 2.05) is 0 Å². The van der Waals surface area contributed by atoms with E-state index >= 15 is 0 Å². The van der Waals surface area contributed by atoms with Gasteiger partial charge in [-0.05, 0) is 42.0 Å². The molecule has 4 nitrogen and oxygen atoms in total. The fraction of sp³-hybridized carbons (Fsp3) is 0.200. The highest BCUT2D eigenvalue weighted by atomic mass is 19.4. The lowest BCUT2D eigenvalue weighted by Gasteiger charge is -2.13. The summed E-state index contributed by atoms with van der Waals surface area (Å²) in [5, 5.41) is 2.37. The Hall–Kier alpha value is -3.23. The molecule has 0 aliphatic rings. The molecule has 0 saturated heterocycles. The number of hydrogen-bond donors (Lipinski definition) is 1. The maximum absolute atomic E-state index is 13.1. The molecular formula is C20H15F5N2O2. The summed E-state index contributed by atoms with van der Waals surface area (Å²) in [6.07, 6.45) is -3.22. The number of aromatic nitrogens is 1. The Bertz CT molecular complexity index is 997. The summed E-state index contributed by atoms with van der Waals surface area (Å²) in [6.45, 7) is -0.389. The molecule has 152 valence electrons. The molecule has 1 aromatic heterocycles. The zero-order valence-electron chi connectivity index (χ0n) is 14.9. The highest BCUT2D eigenvalue weighted by molar-refractivity contribution is 5.76. The van der Waals surface area contributed by atoms with Gasteiger partial charge in [-0.25, -0.2) is 13.8 Å². The molecule has 0 bridgehead atoms. The molecule has 29 heavy (non-hydrogen) atoms. The van der Waals surface area contributed by atoms with Crippen LogP contribution in [0.2, 0.25) is 0 Å². The largest absolute Gasteiger partial charge is 0.441 e. The predicted octanol–water partition coefficient (Wildman–Crippen LogP) is 4.89. The lowest BCUT2D eigenvalue weighted by atomic mass is 10.1. The average molecular weight is 410 g/mol. The van der Waals surface area contributed by atoms with E-state index in [1.54, 1.807) is 0 Å². The first kappa shape index (κ1) is 20.5. The van der Waals surface area contributed by atoms with Crippen LogP contribution in [0, 0.1) is 11.6 Å². The summed E-state index contributed by atoms with van der Waals surface area (Å²) < 4.78 is 70.4. The second-order valence-corrected chi connectivity index (χ2v) is 6.20. The van der Waals surface area contributed by atoms with Gasteiger partial charge in [0.05, 0.1) is 11.8 Å². The van der Waals surface area contributed by atoms with Crippen LogP contribution in [0.15, 0.2) is 53.1 Å². The van der Waals surface area contributed by atoms with Crippen LogP contribution in [-0.2, 0) is 23.9 Å². The number of hydrogen-bond acceptors (Lipinski definition) is 3. The fourth-order valence-corrected chi connectivity index (χ4v) is 2.64. The molecule has 1 N–H and O–H groups in total. The van der Waals surface area contributed by atoms with Crippen molar-refractivity contribution in [1.82, 2.24) is 10.3 Å². The number of alkyl halides is 3. The normalized spacial score (nSPS) is 11.5. The van der Waals surface area contributed by atoms with Crippen molar-refractivity contribution in [3.05, 3.63) is 77.3 Å². The second-order valence-electron chi connectivity index (χ2n) is 6.20. The van der Waals surface area contributed by atoms with Crippen LogP contribution in [-0.4, -0.2) is 10.9 Å². The predicted molar refractivity (Wildman–Crippen MR) is 93.5 cm³/mol. The number of rotatable bonds is 6. The van der Waals surface area contributed by atoms with Crippen LogP contribution in [0.3, 0.4) is 0 Å². The zero-order valence-corrected chi connectivity index (χ0v) is 14.9. The quantitative estimate of drug-likeness (QED) is 0.589. The number of benzene rings is 2. The number of carbonyl (C=O) groups excluding carboxylic acids is 1. The summed E-state index contributed by atoms with van der Waals surface area (Å²) in [5.41, 5.74) is -0.748. The van der Waals surface area contributed by atoms with Crippen molar-refractivity contribution in [2.75, 3.05) is 0 Å². The smallest absolute Gasteiger partial charge is 0.416 e. The Balaban J connectivity index is 1.56. The number of aryl methyl sites for hydroxylation is 1. The van der Waals surface area contributed by atoms with Gasteiger partial charge in [0, 0.05) is 24.9 Å². The minimum absolute atomic E-state index is 0.0636. The van der Waals surface area contributed by atoms with Crippen LogP contribution in [0.1, 0.15) is 23.4 Å². The van der Waals surface area contributed by atoms with Crippen molar-refractivity contribution in [3.8, 4) is 11.3 Å². The van der Waals surface area contributed by atoms with Gasteiger partial charge in [-0.15, -0.1) is 0 Å². The molecule has 3 aromatic rings. The van der Waals surface area contributed by atoms with Gasteiger partial charge >= 0.3 is 6.18 Å². The molecule has 0 saturated carbocycles. The highest BCUT2D eigenvalue weighted by Gasteiger charge is 2.33. The summed E-state index contributed by atoms with van der Waals surface area (Å²) in [7, 11) is 0. The SMILES string of the molecule is O=C(CCc1ncc(-c2ccc(F)cc2)o1)NCc1ccc(F)cc1C(F)(F)F. The first-order chi connectivity index (χ1) is 13.7. The molecule has 1 amide bonds. The Morgan fingerprint density at radius 3 is 2.41 bits per heavy atom. The van der Waals surface area contributed by atoms with Gasteiger partial charge in [0.15, 0.2) is 11.7 Å². The topological polar surface area (TPSA) is 55.1 Å². The van der Waals surface area contributed by atoms with Crippen LogP contribution >= 0.6 is 0 Å². The molecule has 2 aromatic carbocycles. The second kappa shape index (κ2) is 8.42. The molecule has 9 heteroatoms. The number of carbonyl (C=O) groups is 1. The van der Waals surface area contributed by atoms with Crippen LogP contribution in [0.5, 0.6) is 0 Å². The van der Waals surface area contributed by atoms with Crippen molar-refractivity contribution < 1.29 is 31.2 Å². The standard InChI is InChI=1S/C20H15F5N2O2/c21-14-4-1-12(2-5-14)17-11-27-19(29-17)8-7-18(28)26-10-13-3-6-15(22)9-16(13)20(23,24)25/h1-6,9,11H,7-8,10H2,(H,26,28). The molecule has 0 radical (unpaired) electrons. The van der Waals surface area contributed by atoms with E-state index in [0.29, 0.717) is 17.4 Å². The average Bonchev–Trinajstić information content (AvgIpc) is 3.14. The Labute approximate surface area is 162 Å². The molecule has 0 fully saturated rings. The van der Waals surface area contributed by atoms with E-state index in [1.165, 1.54) is 30.5 Å². The van der Waals surface area contributed by atoms with Crippen molar-refractivity contribution in [2.45, 2.75) is 25.6 Å². The van der Waals surface area contributed by atoms with Crippen molar-refractivity contribution in [3.63, 3.8) is 0 Å². The molecule has 0 aliphatic carbocycles. The number of nitrogens with zero attached hydrogens (tertiary/aromatic N) is 1. The molecule has 3 rings (SSSR count). The summed E-state index contributed by atoms with van der Waals surface area (Å²) in [6, 6.07) is 7.87. The molecular weight excluding hydrogens is 395 g/mol. The van der Waals surface area contributed by atoms with Crippen LogP contribution < -0.4 is 5.32 Å². The van der Waals surface area contributed by atoms with Gasteiger partial charge in [-0.1, -0.05) is 6.07 Å². The number of oxazole rings is 1. The van der Waals surface area contributed by atoms with Crippen molar-refractivity contribution in [1.29, 1.82) is 0 Å². The molecule has 0 atom stereocenters. The third-order valence-electron chi connectivity index (χ3n) is 4.10. The van der Waals surface area contributed by atoms with Crippen LogP contribution in [0.25, 0.3) is 11.3 Å². The summed E-state index contributed by atoms with van der Waals surface area (Å²) in [5.74, 6) is -1.24. The Kier molecular flexibility index (Phi) is 5.95. The van der Waals surface area contributed by atoms with Crippen LogP contribution in [0.4, 0.5) is 22.0 Å². The minimum atomic E-state index is -4.73. The van der Waals surface area contributed by atoms with E-state index in [0.717, 1.165) is 12.1 Å². The molecule has 0 spiro atoms. The molecule has 1 heterocycles. The van der Waals surface area contributed by atoms with Gasteiger partial charge in [0.2, 0.25) is 5.91 Å². The van der Waals surface area contributed by atoms with E-state index < -0.39 is 23.5 Å². The minimum Gasteiger partial charge on any atom is -0.441 e. The maximum Gasteiger partial charge on any atom is 0.416 e. The monoisotopic (exact) mass is 410 g/mol. The Morgan fingerprint density at radius 2 is 1.72 bits per heavy atom. The van der Waals surface area contributed by atoms with Gasteiger partial charge in [0.1, 0.15) is 11.6 Å². The molecule has 0 aliphatic heterocycles. The third kappa shape index (κ3) is 5.40. The van der Waals surface area contributed by atoms with Gasteiger partial charge in [-0.2, -0.15) is 13.2 Å². The number of nitrogens with one attached hydrogen (secondary N) is 1.